The van der Waals surface area contributed by atoms with Crippen LogP contribution in [0.5, 0.6) is 0 Å². The highest BCUT2D eigenvalue weighted by Crippen LogP contribution is 2.23. The van der Waals surface area contributed by atoms with Crippen molar-refractivity contribution < 1.29 is 4.79 Å². The number of amides is 1. The number of hydrogen-bond acceptors (Lipinski definition) is 2. The molecule has 0 aliphatic rings. The molecule has 0 saturated heterocycles. The zero-order chi connectivity index (χ0) is 17.1. The van der Waals surface area contributed by atoms with Gasteiger partial charge in [0.15, 0.2) is 5.82 Å². The Balaban J connectivity index is 1.78. The maximum Gasteiger partial charge on any atom is 0.257 e. The summed E-state index contributed by atoms with van der Waals surface area (Å²) in [4.78, 5) is 12.4. The van der Waals surface area contributed by atoms with Gasteiger partial charge in [0, 0.05) is 14.8 Å². The highest BCUT2D eigenvalue weighted by molar-refractivity contribution is 14.1. The molecule has 1 amide bonds. The number of carbonyl (C=O) groups excluding carboxylic acids is 1. The van der Waals surface area contributed by atoms with Crippen molar-refractivity contribution >= 4 is 57.5 Å². The van der Waals surface area contributed by atoms with E-state index in [4.69, 9.17) is 23.2 Å². The standard InChI is InChI=1S/C17H12Cl2IN3O/c18-13-7-3-1-5-11(13)9-23-10-14(19)16(22-23)21-17(24)12-6-2-4-8-15(12)20/h1-8,10H,9H2,(H,21,22,24). The number of nitrogens with one attached hydrogen (secondary N) is 1. The molecule has 0 bridgehead atoms. The van der Waals surface area contributed by atoms with Gasteiger partial charge in [-0.25, -0.2) is 0 Å². The van der Waals surface area contributed by atoms with E-state index in [1.807, 2.05) is 42.5 Å². The van der Waals surface area contributed by atoms with Crippen LogP contribution in [-0.4, -0.2) is 15.7 Å². The summed E-state index contributed by atoms with van der Waals surface area (Å²) in [5, 5.41) is 8.12. The second-order valence-corrected chi connectivity index (χ2v) is 7.03. The Morgan fingerprint density at radius 1 is 1.08 bits per heavy atom. The van der Waals surface area contributed by atoms with Crippen LogP contribution in [0.4, 0.5) is 5.82 Å². The van der Waals surface area contributed by atoms with E-state index in [-0.39, 0.29) is 5.91 Å². The van der Waals surface area contributed by atoms with Gasteiger partial charge in [0.2, 0.25) is 0 Å². The van der Waals surface area contributed by atoms with Crippen molar-refractivity contribution in [1.82, 2.24) is 9.78 Å². The van der Waals surface area contributed by atoms with Crippen LogP contribution < -0.4 is 5.32 Å². The quantitative estimate of drug-likeness (QED) is 0.538. The van der Waals surface area contributed by atoms with Crippen LogP contribution in [0.25, 0.3) is 0 Å². The number of aromatic nitrogens is 2. The second kappa shape index (κ2) is 7.55. The molecule has 7 heteroatoms. The van der Waals surface area contributed by atoms with Crippen molar-refractivity contribution in [2.45, 2.75) is 6.54 Å². The molecule has 0 fully saturated rings. The Kier molecular flexibility index (Phi) is 5.43. The minimum atomic E-state index is -0.245. The van der Waals surface area contributed by atoms with Crippen molar-refractivity contribution in [3.05, 3.63) is 79.5 Å². The summed E-state index contributed by atoms with van der Waals surface area (Å²) < 4.78 is 2.51. The van der Waals surface area contributed by atoms with Crippen LogP contribution in [0.2, 0.25) is 10.0 Å². The van der Waals surface area contributed by atoms with Crippen molar-refractivity contribution in [2.24, 2.45) is 0 Å². The van der Waals surface area contributed by atoms with Crippen LogP contribution in [0.15, 0.2) is 54.7 Å². The van der Waals surface area contributed by atoms with Crippen molar-refractivity contribution in [3.8, 4) is 0 Å². The molecule has 1 heterocycles. The maximum atomic E-state index is 12.4. The van der Waals surface area contributed by atoms with E-state index in [0.29, 0.717) is 28.0 Å². The monoisotopic (exact) mass is 471 g/mol. The number of nitrogens with zero attached hydrogens (tertiary/aromatic N) is 2. The molecule has 0 unspecified atom stereocenters. The number of carbonyl (C=O) groups is 1. The summed E-state index contributed by atoms with van der Waals surface area (Å²) in [6, 6.07) is 14.8. The van der Waals surface area contributed by atoms with E-state index in [1.54, 1.807) is 16.9 Å². The number of anilines is 1. The summed E-state index contributed by atoms with van der Waals surface area (Å²) in [6.45, 7) is 0.470. The zero-order valence-corrected chi connectivity index (χ0v) is 16.0. The van der Waals surface area contributed by atoms with Gasteiger partial charge < -0.3 is 5.32 Å². The molecular formula is C17H12Cl2IN3O. The van der Waals surface area contributed by atoms with E-state index in [9.17, 15) is 4.79 Å². The largest absolute Gasteiger partial charge is 0.304 e. The second-order valence-electron chi connectivity index (χ2n) is 5.05. The number of hydrogen-bond donors (Lipinski definition) is 1. The van der Waals surface area contributed by atoms with E-state index < -0.39 is 0 Å². The minimum absolute atomic E-state index is 0.245. The smallest absolute Gasteiger partial charge is 0.257 e. The lowest BCUT2D eigenvalue weighted by molar-refractivity contribution is 0.102. The predicted octanol–water partition coefficient (Wildman–Crippen LogP) is 5.10. The first kappa shape index (κ1) is 17.3. The zero-order valence-electron chi connectivity index (χ0n) is 12.3. The fourth-order valence-electron chi connectivity index (χ4n) is 2.18. The molecule has 122 valence electrons. The van der Waals surface area contributed by atoms with E-state index in [2.05, 4.69) is 33.0 Å². The number of halogens is 3. The Morgan fingerprint density at radius 2 is 1.79 bits per heavy atom. The van der Waals surface area contributed by atoms with Gasteiger partial charge >= 0.3 is 0 Å². The van der Waals surface area contributed by atoms with Gasteiger partial charge in [0.25, 0.3) is 5.91 Å². The number of benzene rings is 2. The molecule has 24 heavy (non-hydrogen) atoms. The molecule has 2 aromatic carbocycles. The molecule has 0 aliphatic carbocycles. The molecule has 0 radical (unpaired) electrons. The third kappa shape index (κ3) is 3.91. The molecule has 0 atom stereocenters. The Bertz CT molecular complexity index is 895. The summed E-state index contributed by atoms with van der Waals surface area (Å²) in [5.74, 6) is 0.0817. The predicted molar refractivity (Wildman–Crippen MR) is 105 cm³/mol. The number of rotatable bonds is 4. The van der Waals surface area contributed by atoms with Crippen LogP contribution in [0.1, 0.15) is 15.9 Å². The first-order chi connectivity index (χ1) is 11.5. The van der Waals surface area contributed by atoms with E-state index in [1.165, 1.54) is 0 Å². The Labute approximate surface area is 162 Å². The molecular weight excluding hydrogens is 460 g/mol. The van der Waals surface area contributed by atoms with Gasteiger partial charge in [-0.1, -0.05) is 53.5 Å². The first-order valence-corrected chi connectivity index (χ1v) is 8.90. The van der Waals surface area contributed by atoms with Crippen molar-refractivity contribution in [1.29, 1.82) is 0 Å². The molecule has 4 nitrogen and oxygen atoms in total. The molecule has 3 aromatic rings. The fraction of sp³-hybridized carbons (Fsp3) is 0.0588. The van der Waals surface area contributed by atoms with E-state index >= 15 is 0 Å². The third-order valence-corrected chi connectivity index (χ3v) is 4.94. The van der Waals surface area contributed by atoms with Gasteiger partial charge in [0.1, 0.15) is 5.02 Å². The topological polar surface area (TPSA) is 46.9 Å². The molecule has 0 spiro atoms. The molecule has 1 N–H and O–H groups in total. The van der Waals surface area contributed by atoms with Gasteiger partial charge in [-0.15, -0.1) is 0 Å². The average molecular weight is 472 g/mol. The molecule has 0 saturated carbocycles. The summed E-state index contributed by atoms with van der Waals surface area (Å²) in [5.41, 5.74) is 1.50. The lowest BCUT2D eigenvalue weighted by atomic mass is 10.2. The van der Waals surface area contributed by atoms with E-state index in [0.717, 1.165) is 9.13 Å². The lowest BCUT2D eigenvalue weighted by Gasteiger charge is -2.05. The summed E-state index contributed by atoms with van der Waals surface area (Å²) in [7, 11) is 0. The SMILES string of the molecule is O=C(Nc1nn(Cc2ccccc2Cl)cc1Cl)c1ccccc1I. The lowest BCUT2D eigenvalue weighted by Crippen LogP contribution is -2.14. The maximum absolute atomic E-state index is 12.4. The minimum Gasteiger partial charge on any atom is -0.304 e. The normalized spacial score (nSPS) is 10.6. The average Bonchev–Trinajstić information content (AvgIpc) is 2.89. The van der Waals surface area contributed by atoms with Crippen LogP contribution in [0.3, 0.4) is 0 Å². The van der Waals surface area contributed by atoms with Gasteiger partial charge in [-0.2, -0.15) is 5.10 Å². The molecule has 3 rings (SSSR count). The Morgan fingerprint density at radius 3 is 2.54 bits per heavy atom. The van der Waals surface area contributed by atoms with Crippen LogP contribution >= 0.6 is 45.8 Å². The molecule has 0 aliphatic heterocycles. The van der Waals surface area contributed by atoms with Crippen molar-refractivity contribution in [2.75, 3.05) is 5.32 Å². The highest BCUT2D eigenvalue weighted by atomic mass is 127. The highest BCUT2D eigenvalue weighted by Gasteiger charge is 2.14. The van der Waals surface area contributed by atoms with Crippen LogP contribution in [0, 0.1) is 3.57 Å². The molecule has 1 aromatic heterocycles. The summed E-state index contributed by atoms with van der Waals surface area (Å²) >= 11 is 14.5. The van der Waals surface area contributed by atoms with Gasteiger partial charge in [-0.05, 0) is 46.4 Å². The van der Waals surface area contributed by atoms with Gasteiger partial charge in [0.05, 0.1) is 12.1 Å². The first-order valence-electron chi connectivity index (χ1n) is 7.07. The fourth-order valence-corrected chi connectivity index (χ4v) is 3.21. The Hall–Kier alpha value is -1.57. The third-order valence-electron chi connectivity index (χ3n) is 3.36. The van der Waals surface area contributed by atoms with Crippen molar-refractivity contribution in [3.63, 3.8) is 0 Å². The summed E-state index contributed by atoms with van der Waals surface area (Å²) in [6.07, 6.45) is 1.66. The van der Waals surface area contributed by atoms with Gasteiger partial charge in [-0.3, -0.25) is 9.48 Å². The van der Waals surface area contributed by atoms with Crippen LogP contribution in [-0.2, 0) is 6.54 Å².